The Balaban J connectivity index is 0.000000308. The van der Waals surface area contributed by atoms with Crippen molar-refractivity contribution in [2.45, 2.75) is 267 Å². The maximum absolute atomic E-state index is 12.8. The molecule has 0 saturated carbocycles. The van der Waals surface area contributed by atoms with Crippen LogP contribution in [-0.2, 0) is 97.0 Å². The number of nitrogens with zero attached hydrogens (tertiary/aromatic N) is 7. The van der Waals surface area contributed by atoms with Gasteiger partial charge in [0.1, 0.15) is 37.6 Å². The van der Waals surface area contributed by atoms with Gasteiger partial charge >= 0.3 is 104 Å². The summed E-state index contributed by atoms with van der Waals surface area (Å²) in [6, 6.07) is 39.4. The zero-order valence-corrected chi connectivity index (χ0v) is 91.5. The van der Waals surface area contributed by atoms with Gasteiger partial charge in [0.2, 0.25) is 5.88 Å². The third-order valence-electron chi connectivity index (χ3n) is 26.0. The Morgan fingerprint density at radius 2 is 0.897 bits per heavy atom. The molecule has 0 bridgehead atoms. The van der Waals surface area contributed by atoms with E-state index in [1.54, 1.807) is 52.2 Å². The molecule has 0 spiro atoms. The number of rotatable bonds is 16. The van der Waals surface area contributed by atoms with Crippen molar-refractivity contribution < 1.29 is 153 Å². The first kappa shape index (κ1) is 123. The van der Waals surface area contributed by atoms with Crippen molar-refractivity contribution in [1.29, 1.82) is 0 Å². The predicted molar refractivity (Wildman–Crippen MR) is 548 cm³/mol. The maximum Gasteiger partial charge on any atom is 1.00 e. The Hall–Kier alpha value is -9.18. The van der Waals surface area contributed by atoms with Crippen LogP contribution in [0.5, 0.6) is 0 Å². The summed E-state index contributed by atoms with van der Waals surface area (Å²) in [5, 5.41) is 14.0. The smallest absolute Gasteiger partial charge is 1.00 e. The summed E-state index contributed by atoms with van der Waals surface area (Å²) in [5.41, 5.74) is 4.29. The molecule has 791 valence electrons. The summed E-state index contributed by atoms with van der Waals surface area (Å²) >= 11 is 0. The third kappa shape index (κ3) is 39.7. The Labute approximate surface area is 883 Å². The van der Waals surface area contributed by atoms with Gasteiger partial charge in [0.05, 0.1) is 22.4 Å². The van der Waals surface area contributed by atoms with E-state index in [0.29, 0.717) is 96.5 Å². The van der Waals surface area contributed by atoms with Crippen LogP contribution in [0.25, 0.3) is 0 Å². The molecule has 4 aromatic rings. The van der Waals surface area contributed by atoms with E-state index >= 15 is 0 Å². The Morgan fingerprint density at radius 3 is 1.24 bits per heavy atom. The van der Waals surface area contributed by atoms with Crippen molar-refractivity contribution in [3.05, 3.63) is 225 Å². The van der Waals surface area contributed by atoms with Crippen molar-refractivity contribution in [2.75, 3.05) is 91.6 Å². The number of nitrogens with one attached hydrogen (secondary N) is 2. The van der Waals surface area contributed by atoms with Gasteiger partial charge in [0.25, 0.3) is 0 Å². The van der Waals surface area contributed by atoms with Gasteiger partial charge < -0.3 is 87.8 Å². The van der Waals surface area contributed by atoms with Gasteiger partial charge in [-0.15, -0.1) is 0 Å². The molecule has 145 heavy (non-hydrogen) atoms. The number of hydrogen-bond acceptors (Lipinski definition) is 26. The van der Waals surface area contributed by atoms with Crippen LogP contribution in [0.4, 0.5) is 41.9 Å². The number of ether oxygens (including phenoxy) is 6. The molecule has 3 radical (unpaired) electrons. The third-order valence-corrected chi connectivity index (χ3v) is 27.1. The molecule has 3 N–H and O–H groups in total. The van der Waals surface area contributed by atoms with Gasteiger partial charge in [0.15, 0.2) is 0 Å². The number of carbonyl (C=O) groups excluding carboxylic acids is 6. The summed E-state index contributed by atoms with van der Waals surface area (Å²) in [6.45, 7) is 46.1. The van der Waals surface area contributed by atoms with Crippen LogP contribution in [0.15, 0.2) is 208 Å². The first-order valence-electron chi connectivity index (χ1n) is 49.2. The second-order valence-corrected chi connectivity index (χ2v) is 43.4. The zero-order valence-electron chi connectivity index (χ0n) is 88.8. The number of halogens is 3. The zero-order chi connectivity index (χ0) is 105. The monoisotopic (exact) mass is 2070 g/mol. The molecule has 4 unspecified atom stereocenters. The van der Waals surface area contributed by atoms with Gasteiger partial charge in [0, 0.05) is 111 Å². The molecule has 0 aromatic heterocycles. The molecule has 41 heteroatoms. The molecule has 11 heterocycles. The van der Waals surface area contributed by atoms with Crippen LogP contribution in [0.3, 0.4) is 0 Å². The molecular weight excluding hydrogens is 1920 g/mol. The maximum atomic E-state index is 12.8. The van der Waals surface area contributed by atoms with Gasteiger partial charge in [-0.2, -0.15) is 21.6 Å². The minimum Gasteiger partial charge on any atom is -1.00 e. The van der Waals surface area contributed by atoms with Crippen LogP contribution in [0, 0.1) is 23.7 Å². The summed E-state index contributed by atoms with van der Waals surface area (Å²) in [5.74, 6) is 1.10. The van der Waals surface area contributed by atoms with Gasteiger partial charge in [-0.3, -0.25) is 9.89 Å². The van der Waals surface area contributed by atoms with E-state index in [2.05, 4.69) is 92.3 Å². The number of alkyl halides is 3. The average Bonchev–Trinajstić information content (AvgIpc) is 1.63. The normalized spacial score (nSPS) is 21.7. The van der Waals surface area contributed by atoms with E-state index in [9.17, 15) is 50.4 Å². The number of piperidine rings is 1. The number of allylic oxidation sites excluding steroid dienone is 3. The number of carbonyl (C=O) groups is 6. The average molecular weight is 2070 g/mol. The summed E-state index contributed by atoms with van der Waals surface area (Å²) in [7, 11) is -9.35. The molecule has 6 atom stereocenters. The van der Waals surface area contributed by atoms with Crippen molar-refractivity contribution in [2.24, 2.45) is 28.7 Å². The molecule has 4 aromatic carbocycles. The summed E-state index contributed by atoms with van der Waals surface area (Å²) in [6.07, 6.45) is 21.8. The van der Waals surface area contributed by atoms with Crippen molar-refractivity contribution in [3.63, 3.8) is 0 Å². The molecule has 11 aliphatic rings. The van der Waals surface area contributed by atoms with E-state index in [0.717, 1.165) is 127 Å². The van der Waals surface area contributed by atoms with E-state index in [4.69, 9.17) is 66.7 Å². The second kappa shape index (κ2) is 57.0. The van der Waals surface area contributed by atoms with Gasteiger partial charge in [-0.1, -0.05) is 191 Å². The largest absolute Gasteiger partial charge is 1.00 e. The van der Waals surface area contributed by atoms with E-state index in [-0.39, 0.29) is 133 Å². The molecule has 15 rings (SSSR count). The predicted octanol–water partition coefficient (Wildman–Crippen LogP) is 16.9. The van der Waals surface area contributed by atoms with Crippen LogP contribution in [0.1, 0.15) is 220 Å². The molecule has 3 saturated heterocycles. The number of amides is 6. The first-order valence-corrected chi connectivity index (χ1v) is 51.7. The minimum absolute atomic E-state index is 0. The SMILES string of the molecule is CC1(C)OB(C2=CCN(C(=O)OCc3ccccc3)CC2)OC1(C)C.CC1(C)OB(C2=CCNCC2)OC1(C)C.CC1CC=C(C2=CCN(C(=O)OCc3ccccc3)CC2)N(C(=O)OC(C)(C)C)C1.CC1CC=C(OS(=O)(=O)C(F)(F)F)N(C(=O)OC(C)(C)C)C1.CC1CCC(C2=CCN(C(=O)OCc3ccccc3)CC2)=NC1.C[C@H]1CC[C@H](C2=CCN(C(=O)OCc3ccccc3)CC2)NC1.O=[P+]([O-])OO.[B].[H-].[HH].[Na+]. The fourth-order valence-corrected chi connectivity index (χ4v) is 16.7. The van der Waals surface area contributed by atoms with Crippen molar-refractivity contribution in [1.82, 2.24) is 40.0 Å². The van der Waals surface area contributed by atoms with Crippen LogP contribution < -0.4 is 45.1 Å². The molecular formula is C104H150B3F3N9NaO23PS. The molecule has 11 aliphatic heterocycles. The van der Waals surface area contributed by atoms with E-state index in [1.165, 1.54) is 41.6 Å². The number of hydrogen-bond donors (Lipinski definition) is 3. The Bertz CT molecular complexity index is 5240. The second-order valence-electron chi connectivity index (χ2n) is 41.2. The Kier molecular flexibility index (Phi) is 48.2. The fraction of sp³-hybridized carbons (Fsp3) is 0.567. The van der Waals surface area contributed by atoms with Gasteiger partial charge in [-0.05, 0) is 259 Å². The minimum atomic E-state index is -5.84. The van der Waals surface area contributed by atoms with E-state index in [1.807, 2.05) is 182 Å². The topological polar surface area (TPSA) is 364 Å². The summed E-state index contributed by atoms with van der Waals surface area (Å²) < 4.78 is 131. The number of benzene rings is 4. The van der Waals surface area contributed by atoms with E-state index < -0.39 is 47.1 Å². The van der Waals surface area contributed by atoms with Crippen LogP contribution in [0.2, 0.25) is 0 Å². The molecule has 32 nitrogen and oxygen atoms in total. The molecule has 0 aliphatic carbocycles. The van der Waals surface area contributed by atoms with Crippen molar-refractivity contribution >= 4 is 83.3 Å². The quantitative estimate of drug-likeness (QED) is 0.0137. The van der Waals surface area contributed by atoms with Crippen LogP contribution >= 0.6 is 8.25 Å². The van der Waals surface area contributed by atoms with Crippen LogP contribution in [-0.4, -0.2) is 245 Å². The molecule has 3 fully saturated rings. The molecule has 6 amide bonds. The first-order chi connectivity index (χ1) is 67.4. The van der Waals surface area contributed by atoms with Gasteiger partial charge in [-0.25, -0.2) is 38.9 Å². The Morgan fingerprint density at radius 1 is 0.510 bits per heavy atom. The fourth-order valence-electron chi connectivity index (χ4n) is 16.2. The summed E-state index contributed by atoms with van der Waals surface area (Å²) in [4.78, 5) is 96.8. The number of aliphatic imine (C=N–C) groups is 1. The van der Waals surface area contributed by atoms with Crippen molar-refractivity contribution in [3.8, 4) is 0 Å². The standard InChI is InChI=1S/C24H32N2O4.C19H26BNO4.C19H26N2O2.C19H24N2O2.C12H18F3NO5S.C11H20BNO2.B.Na.HO4P.H2.H/c1-18-10-11-21(26(16-18)23(28)30-24(2,3)4)20-12-14-25(15-13-20)22(27)29-17-19-8-6-5-7-9-19;1-18(2)19(3,4)25-20(24-18)16-10-12-21(13-11-16)17(22)23-14-15-8-6-5-7-9-15;2*1-15-7-8-18(20-13-15)17-9-11-21(12-10-17)19(22)23-14-16-5-3-2-4-6-16;1-8-5-6-9(21-22(18,19)12(13,14)15)16(7-8)10(17)20-11(2,3)4;1-10(2)11(3,4)15-12(14-10)9-5-7-13-8-6-9;;;1-4-5(2)3;;/h5-9,11-12,18H,10,13-17H2,1-4H3;5-10H,11-14H2,1-4H3;2-6,9,15,18,20H,7-8,10-14H2,1H3;2-6,9,15H,7-8,10-14H2,1H3;6,8H,5,7H2,1-4H3;5,13H,6-8H2,1-4H3;;;1H;1H;/q;;;;;;;+1;;;-1/t;;15-,18+;;;;;;;;/m..0......../s1.